The van der Waals surface area contributed by atoms with Gasteiger partial charge in [0.25, 0.3) is 0 Å². The quantitative estimate of drug-likeness (QED) is 0.622. The van der Waals surface area contributed by atoms with Gasteiger partial charge in [-0.2, -0.15) is 5.10 Å². The molecule has 3 rings (SSSR count). The maximum Gasteiger partial charge on any atom is 0.315 e. The van der Waals surface area contributed by atoms with Crippen LogP contribution in [0.1, 0.15) is 19.5 Å². The lowest BCUT2D eigenvalue weighted by Gasteiger charge is -2.20. The highest BCUT2D eigenvalue weighted by Crippen LogP contribution is 2.41. The fourth-order valence-electron chi connectivity index (χ4n) is 2.89. The van der Waals surface area contributed by atoms with Crippen LogP contribution in [0, 0.1) is 0 Å². The Bertz CT molecular complexity index is 1100. The van der Waals surface area contributed by atoms with E-state index in [2.05, 4.69) is 10.2 Å². The first kappa shape index (κ1) is 18.8. The molecule has 0 saturated carbocycles. The molecule has 2 aromatic carbocycles. The van der Waals surface area contributed by atoms with Crippen molar-refractivity contribution in [3.63, 3.8) is 0 Å². The van der Waals surface area contributed by atoms with E-state index in [1.165, 1.54) is 19.9 Å². The van der Waals surface area contributed by atoms with Crippen molar-refractivity contribution in [3.05, 3.63) is 60.3 Å². The monoisotopic (exact) mass is 385 g/mol. The van der Waals surface area contributed by atoms with Crippen molar-refractivity contribution in [2.45, 2.75) is 24.2 Å². The third-order valence-corrected chi connectivity index (χ3v) is 5.41. The third-order valence-electron chi connectivity index (χ3n) is 4.44. The summed E-state index contributed by atoms with van der Waals surface area (Å²) >= 11 is 0. The van der Waals surface area contributed by atoms with Gasteiger partial charge in [-0.15, -0.1) is 0 Å². The molecule has 1 heterocycles. The number of aromatic amines is 1. The van der Waals surface area contributed by atoms with Gasteiger partial charge < -0.3 is 5.11 Å². The Kier molecular flexibility index (Phi) is 4.63. The van der Waals surface area contributed by atoms with Gasteiger partial charge in [-0.05, 0) is 19.9 Å². The molecule has 0 spiro atoms. The number of hydrogen-bond donors (Lipinski definition) is 3. The second-order valence-electron chi connectivity index (χ2n) is 6.66. The average molecular weight is 385 g/mol. The third kappa shape index (κ3) is 3.36. The number of benzene rings is 2. The first-order valence-electron chi connectivity index (χ1n) is 8.14. The molecule has 8 heteroatoms. The predicted molar refractivity (Wildman–Crippen MR) is 101 cm³/mol. The summed E-state index contributed by atoms with van der Waals surface area (Å²) in [6, 6.07) is 15.3. The number of hydrogen-bond acceptors (Lipinski definition) is 4. The maximum atomic E-state index is 12.1. The van der Waals surface area contributed by atoms with Crippen LogP contribution in [-0.2, 0) is 20.2 Å². The molecule has 0 atom stereocenters. The summed E-state index contributed by atoms with van der Waals surface area (Å²) in [5.41, 5.74) is 0.845. The fourth-order valence-corrected chi connectivity index (χ4v) is 3.63. The van der Waals surface area contributed by atoms with Crippen LogP contribution in [0.25, 0.3) is 22.4 Å². The summed E-state index contributed by atoms with van der Waals surface area (Å²) in [6.45, 7) is 3.06. The highest BCUT2D eigenvalue weighted by molar-refractivity contribution is 7.89. The molecule has 1 aromatic heterocycles. The predicted octanol–water partition coefficient (Wildman–Crippen LogP) is 2.75. The molecule has 0 unspecified atom stereocenters. The molecule has 7 nitrogen and oxygen atoms in total. The molecule has 0 radical (unpaired) electrons. The first-order chi connectivity index (χ1) is 12.6. The number of carboxylic acids is 1. The summed E-state index contributed by atoms with van der Waals surface area (Å²) < 4.78 is 24.2. The van der Waals surface area contributed by atoms with Crippen molar-refractivity contribution in [2.75, 3.05) is 0 Å². The molecule has 0 fully saturated rings. The number of carboxylic acid groups (broad SMARTS) is 1. The molecule has 4 N–H and O–H groups in total. The number of H-pyrrole nitrogens is 1. The van der Waals surface area contributed by atoms with Crippen molar-refractivity contribution in [1.82, 2.24) is 10.2 Å². The second-order valence-corrected chi connectivity index (χ2v) is 8.19. The maximum absolute atomic E-state index is 12.1. The van der Waals surface area contributed by atoms with Gasteiger partial charge in [0.2, 0.25) is 10.0 Å². The number of carbonyl (C=O) groups is 1. The molecule has 27 heavy (non-hydrogen) atoms. The van der Waals surface area contributed by atoms with Crippen molar-refractivity contribution in [3.8, 4) is 22.4 Å². The van der Waals surface area contributed by atoms with Crippen molar-refractivity contribution >= 4 is 16.0 Å². The van der Waals surface area contributed by atoms with Crippen LogP contribution in [0.3, 0.4) is 0 Å². The Morgan fingerprint density at radius 1 is 1.07 bits per heavy atom. The van der Waals surface area contributed by atoms with E-state index in [9.17, 15) is 18.3 Å². The molecule has 0 aliphatic rings. The van der Waals surface area contributed by atoms with Crippen LogP contribution in [0.5, 0.6) is 0 Å². The highest BCUT2D eigenvalue weighted by atomic mass is 32.2. The lowest BCUT2D eigenvalue weighted by atomic mass is 9.83. The van der Waals surface area contributed by atoms with E-state index >= 15 is 0 Å². The molecular weight excluding hydrogens is 366 g/mol. The van der Waals surface area contributed by atoms with E-state index < -0.39 is 21.4 Å². The van der Waals surface area contributed by atoms with Gasteiger partial charge >= 0.3 is 5.97 Å². The lowest BCUT2D eigenvalue weighted by Crippen LogP contribution is -2.29. The Morgan fingerprint density at radius 3 is 2.26 bits per heavy atom. The van der Waals surface area contributed by atoms with Crippen LogP contribution in [-0.4, -0.2) is 29.7 Å². The SMILES string of the molecule is CC(C)(C(=O)O)c1[nH]nc(-c2ccccc2)c1-c1ccccc1S(N)(=O)=O. The number of primary sulfonamides is 1. The van der Waals surface area contributed by atoms with Crippen LogP contribution >= 0.6 is 0 Å². The molecule has 3 aromatic rings. The Morgan fingerprint density at radius 2 is 1.67 bits per heavy atom. The number of aliphatic carboxylic acids is 1. The zero-order valence-corrected chi connectivity index (χ0v) is 15.6. The Balaban J connectivity index is 2.41. The number of rotatable bonds is 5. The van der Waals surface area contributed by atoms with Crippen molar-refractivity contribution in [1.29, 1.82) is 0 Å². The minimum atomic E-state index is -4.03. The van der Waals surface area contributed by atoms with Crippen LogP contribution in [0.2, 0.25) is 0 Å². The number of sulfonamides is 1. The van der Waals surface area contributed by atoms with Gasteiger partial charge in [-0.3, -0.25) is 9.89 Å². The standard InChI is InChI=1S/C19H19N3O4S/c1-19(2,18(23)24)17-15(13-10-6-7-11-14(13)27(20,25)26)16(21-22-17)12-8-4-3-5-9-12/h3-11H,1-2H3,(H,21,22)(H,23,24)(H2,20,25,26). The Hall–Kier alpha value is -2.97. The van der Waals surface area contributed by atoms with E-state index in [1.54, 1.807) is 18.2 Å². The van der Waals surface area contributed by atoms with Crippen LogP contribution < -0.4 is 5.14 Å². The fraction of sp³-hybridized carbons (Fsp3) is 0.158. The molecule has 0 amide bonds. The normalized spacial score (nSPS) is 12.1. The summed E-state index contributed by atoms with van der Waals surface area (Å²) in [5.74, 6) is -1.07. The minimum absolute atomic E-state index is 0.0916. The zero-order valence-electron chi connectivity index (χ0n) is 14.8. The average Bonchev–Trinajstić information content (AvgIpc) is 3.07. The largest absolute Gasteiger partial charge is 0.481 e. The minimum Gasteiger partial charge on any atom is -0.481 e. The second kappa shape index (κ2) is 6.64. The van der Waals surface area contributed by atoms with Gasteiger partial charge in [-0.25, -0.2) is 13.6 Å². The van der Waals surface area contributed by atoms with Crippen LogP contribution in [0.4, 0.5) is 0 Å². The molecular formula is C19H19N3O4S. The summed E-state index contributed by atoms with van der Waals surface area (Å²) in [5, 5.41) is 22.2. The Labute approximate surface area is 156 Å². The lowest BCUT2D eigenvalue weighted by molar-refractivity contribution is -0.142. The summed E-state index contributed by atoms with van der Waals surface area (Å²) in [4.78, 5) is 11.8. The number of nitrogens with zero attached hydrogens (tertiary/aromatic N) is 1. The highest BCUT2D eigenvalue weighted by Gasteiger charge is 2.36. The first-order valence-corrected chi connectivity index (χ1v) is 9.68. The topological polar surface area (TPSA) is 126 Å². The van der Waals surface area contributed by atoms with Gasteiger partial charge in [-0.1, -0.05) is 48.5 Å². The zero-order chi connectivity index (χ0) is 19.8. The van der Waals surface area contributed by atoms with E-state index in [0.29, 0.717) is 22.5 Å². The van der Waals surface area contributed by atoms with Gasteiger partial charge in [0, 0.05) is 16.7 Å². The van der Waals surface area contributed by atoms with Gasteiger partial charge in [0.1, 0.15) is 11.1 Å². The van der Waals surface area contributed by atoms with Crippen molar-refractivity contribution in [2.24, 2.45) is 5.14 Å². The number of aromatic nitrogens is 2. The van der Waals surface area contributed by atoms with Crippen molar-refractivity contribution < 1.29 is 18.3 Å². The molecule has 0 saturated heterocycles. The molecule has 140 valence electrons. The molecule has 0 aliphatic carbocycles. The van der Waals surface area contributed by atoms with E-state index in [4.69, 9.17) is 5.14 Å². The van der Waals surface area contributed by atoms with E-state index in [0.717, 1.165) is 5.56 Å². The number of nitrogens with one attached hydrogen (secondary N) is 1. The summed E-state index contributed by atoms with van der Waals surface area (Å²) in [7, 11) is -4.03. The van der Waals surface area contributed by atoms with Gasteiger partial charge in [0.05, 0.1) is 10.6 Å². The molecule has 0 bridgehead atoms. The van der Waals surface area contributed by atoms with E-state index in [1.807, 2.05) is 30.3 Å². The van der Waals surface area contributed by atoms with E-state index in [-0.39, 0.29) is 4.90 Å². The molecule has 0 aliphatic heterocycles. The van der Waals surface area contributed by atoms with Crippen LogP contribution in [0.15, 0.2) is 59.5 Å². The van der Waals surface area contributed by atoms with Gasteiger partial charge in [0.15, 0.2) is 0 Å². The number of nitrogens with two attached hydrogens (primary N) is 1. The summed E-state index contributed by atoms with van der Waals surface area (Å²) in [6.07, 6.45) is 0. The smallest absolute Gasteiger partial charge is 0.315 e.